The summed E-state index contributed by atoms with van der Waals surface area (Å²) >= 11 is 0. The molecule has 34 heavy (non-hydrogen) atoms. The Morgan fingerprint density at radius 1 is 0.853 bits per heavy atom. The van der Waals surface area contributed by atoms with Crippen LogP contribution in [0.5, 0.6) is 23.0 Å². The standard InChI is InChI=1S/C26H26N2O6/c1-4-32-21-12-10-19(11-13-21)26(30)34-23-14-9-18(15-24(23)33-5-2)17-27-28-25(29)20-7-6-8-22(16-20)31-3/h6-17H,4-5H2,1-3H3,(H,28,29). The highest BCUT2D eigenvalue weighted by Crippen LogP contribution is 2.29. The van der Waals surface area contributed by atoms with Crippen LogP contribution >= 0.6 is 0 Å². The van der Waals surface area contributed by atoms with Gasteiger partial charge in [-0.25, -0.2) is 10.2 Å². The number of carbonyl (C=O) groups is 2. The Labute approximate surface area is 198 Å². The fourth-order valence-electron chi connectivity index (χ4n) is 2.96. The van der Waals surface area contributed by atoms with Gasteiger partial charge in [0.2, 0.25) is 0 Å². The maximum Gasteiger partial charge on any atom is 0.343 e. The summed E-state index contributed by atoms with van der Waals surface area (Å²) in [4.78, 5) is 24.8. The van der Waals surface area contributed by atoms with E-state index in [1.807, 2.05) is 13.8 Å². The molecule has 8 nitrogen and oxygen atoms in total. The molecule has 0 radical (unpaired) electrons. The van der Waals surface area contributed by atoms with Crippen molar-refractivity contribution in [1.82, 2.24) is 5.43 Å². The molecule has 1 N–H and O–H groups in total. The van der Waals surface area contributed by atoms with Crippen molar-refractivity contribution in [2.75, 3.05) is 20.3 Å². The van der Waals surface area contributed by atoms with Crippen molar-refractivity contribution in [3.63, 3.8) is 0 Å². The smallest absolute Gasteiger partial charge is 0.343 e. The van der Waals surface area contributed by atoms with E-state index in [1.54, 1.807) is 66.7 Å². The molecule has 3 aromatic rings. The monoisotopic (exact) mass is 462 g/mol. The van der Waals surface area contributed by atoms with Crippen LogP contribution in [0.15, 0.2) is 71.8 Å². The number of hydrogen-bond donors (Lipinski definition) is 1. The molecule has 0 unspecified atom stereocenters. The van der Waals surface area contributed by atoms with E-state index in [-0.39, 0.29) is 11.7 Å². The lowest BCUT2D eigenvalue weighted by molar-refractivity contribution is 0.0728. The zero-order chi connectivity index (χ0) is 24.3. The number of esters is 1. The first kappa shape index (κ1) is 24.3. The quantitative estimate of drug-likeness (QED) is 0.207. The van der Waals surface area contributed by atoms with E-state index in [9.17, 15) is 9.59 Å². The van der Waals surface area contributed by atoms with E-state index in [0.717, 1.165) is 0 Å². The van der Waals surface area contributed by atoms with Crippen LogP contribution in [0.1, 0.15) is 40.1 Å². The van der Waals surface area contributed by atoms with E-state index in [0.29, 0.717) is 47.2 Å². The molecule has 0 spiro atoms. The molecule has 3 aromatic carbocycles. The van der Waals surface area contributed by atoms with Crippen molar-refractivity contribution in [2.24, 2.45) is 5.10 Å². The first-order chi connectivity index (χ1) is 16.5. The van der Waals surface area contributed by atoms with Gasteiger partial charge in [0, 0.05) is 5.56 Å². The van der Waals surface area contributed by atoms with Crippen LogP contribution in [0.3, 0.4) is 0 Å². The summed E-state index contributed by atoms with van der Waals surface area (Å²) in [7, 11) is 1.53. The Morgan fingerprint density at radius 2 is 1.62 bits per heavy atom. The van der Waals surface area contributed by atoms with Crippen molar-refractivity contribution >= 4 is 18.1 Å². The second-order valence-electron chi connectivity index (χ2n) is 6.92. The number of amides is 1. The summed E-state index contributed by atoms with van der Waals surface area (Å²) in [5, 5.41) is 4.00. The maximum atomic E-state index is 12.6. The van der Waals surface area contributed by atoms with E-state index >= 15 is 0 Å². The number of ether oxygens (including phenoxy) is 4. The third-order valence-corrected chi connectivity index (χ3v) is 4.58. The number of carbonyl (C=O) groups excluding carboxylic acids is 2. The van der Waals surface area contributed by atoms with Gasteiger partial charge in [-0.2, -0.15) is 5.10 Å². The van der Waals surface area contributed by atoms with Crippen LogP contribution in [0.4, 0.5) is 0 Å². The van der Waals surface area contributed by atoms with Crippen LogP contribution in [0.25, 0.3) is 0 Å². The molecule has 0 fully saturated rings. The van der Waals surface area contributed by atoms with E-state index < -0.39 is 5.97 Å². The number of benzene rings is 3. The van der Waals surface area contributed by atoms with Gasteiger partial charge in [0.15, 0.2) is 11.5 Å². The summed E-state index contributed by atoms with van der Waals surface area (Å²) in [6.07, 6.45) is 1.47. The third-order valence-electron chi connectivity index (χ3n) is 4.58. The van der Waals surface area contributed by atoms with Crippen LogP contribution in [-0.2, 0) is 0 Å². The molecule has 0 bridgehead atoms. The summed E-state index contributed by atoms with van der Waals surface area (Å²) in [6.45, 7) is 4.64. The van der Waals surface area contributed by atoms with Gasteiger partial charge in [-0.05, 0) is 80.1 Å². The lowest BCUT2D eigenvalue weighted by Gasteiger charge is -2.11. The van der Waals surface area contributed by atoms with Gasteiger partial charge < -0.3 is 18.9 Å². The molecule has 0 aliphatic heterocycles. The summed E-state index contributed by atoms with van der Waals surface area (Å²) in [5.74, 6) is 1.02. The summed E-state index contributed by atoms with van der Waals surface area (Å²) < 4.78 is 21.7. The molecule has 0 saturated heterocycles. The SMILES string of the molecule is CCOc1ccc(C(=O)Oc2ccc(C=NNC(=O)c3cccc(OC)c3)cc2OCC)cc1. The molecule has 0 aliphatic rings. The van der Waals surface area contributed by atoms with Gasteiger partial charge in [-0.3, -0.25) is 4.79 Å². The van der Waals surface area contributed by atoms with E-state index in [2.05, 4.69) is 10.5 Å². The third kappa shape index (κ3) is 6.59. The zero-order valence-corrected chi connectivity index (χ0v) is 19.2. The number of hydrazone groups is 1. The molecule has 3 rings (SSSR count). The molecular formula is C26H26N2O6. The van der Waals surface area contributed by atoms with Gasteiger partial charge in [-0.1, -0.05) is 6.07 Å². The number of nitrogens with zero attached hydrogens (tertiary/aromatic N) is 1. The van der Waals surface area contributed by atoms with E-state index in [1.165, 1.54) is 13.3 Å². The highest BCUT2D eigenvalue weighted by Gasteiger charge is 2.13. The minimum atomic E-state index is -0.518. The molecule has 0 saturated carbocycles. The minimum absolute atomic E-state index is 0.276. The largest absolute Gasteiger partial charge is 0.497 e. The second-order valence-corrected chi connectivity index (χ2v) is 6.92. The second kappa shape index (κ2) is 12.1. The predicted molar refractivity (Wildman–Crippen MR) is 128 cm³/mol. The van der Waals surface area contributed by atoms with Crippen molar-refractivity contribution in [2.45, 2.75) is 13.8 Å². The molecule has 1 amide bonds. The average molecular weight is 463 g/mol. The highest BCUT2D eigenvalue weighted by atomic mass is 16.6. The van der Waals surface area contributed by atoms with Gasteiger partial charge in [-0.15, -0.1) is 0 Å². The van der Waals surface area contributed by atoms with Crippen LogP contribution in [0.2, 0.25) is 0 Å². The van der Waals surface area contributed by atoms with Crippen molar-refractivity contribution in [3.8, 4) is 23.0 Å². The predicted octanol–water partition coefficient (Wildman–Crippen LogP) is 4.48. The minimum Gasteiger partial charge on any atom is -0.497 e. The number of methoxy groups -OCH3 is 1. The Hall–Kier alpha value is -4.33. The van der Waals surface area contributed by atoms with Crippen LogP contribution in [0, 0.1) is 0 Å². The lowest BCUT2D eigenvalue weighted by atomic mass is 10.2. The first-order valence-corrected chi connectivity index (χ1v) is 10.7. The Kier molecular flexibility index (Phi) is 8.62. The van der Waals surface area contributed by atoms with Gasteiger partial charge in [0.1, 0.15) is 11.5 Å². The zero-order valence-electron chi connectivity index (χ0n) is 19.2. The molecule has 0 heterocycles. The lowest BCUT2D eigenvalue weighted by Crippen LogP contribution is -2.17. The van der Waals surface area contributed by atoms with Gasteiger partial charge in [0.25, 0.3) is 5.91 Å². The maximum absolute atomic E-state index is 12.6. The number of rotatable bonds is 10. The normalized spacial score (nSPS) is 10.6. The van der Waals surface area contributed by atoms with Gasteiger partial charge >= 0.3 is 5.97 Å². The Balaban J connectivity index is 1.68. The Bertz CT molecular complexity index is 1160. The number of hydrogen-bond acceptors (Lipinski definition) is 7. The number of nitrogens with one attached hydrogen (secondary N) is 1. The van der Waals surface area contributed by atoms with Crippen molar-refractivity contribution in [1.29, 1.82) is 0 Å². The Morgan fingerprint density at radius 3 is 2.32 bits per heavy atom. The first-order valence-electron chi connectivity index (χ1n) is 10.7. The molecule has 176 valence electrons. The molecule has 0 aromatic heterocycles. The molecular weight excluding hydrogens is 436 g/mol. The van der Waals surface area contributed by atoms with Crippen molar-refractivity contribution < 1.29 is 28.5 Å². The fraction of sp³-hybridized carbons (Fsp3) is 0.192. The highest BCUT2D eigenvalue weighted by molar-refractivity contribution is 5.95. The molecule has 0 aliphatic carbocycles. The fourth-order valence-corrected chi connectivity index (χ4v) is 2.96. The topological polar surface area (TPSA) is 95.5 Å². The average Bonchev–Trinajstić information content (AvgIpc) is 2.86. The van der Waals surface area contributed by atoms with Crippen molar-refractivity contribution in [3.05, 3.63) is 83.4 Å². The van der Waals surface area contributed by atoms with E-state index in [4.69, 9.17) is 18.9 Å². The summed E-state index contributed by atoms with van der Waals surface area (Å²) in [5.41, 5.74) is 3.92. The molecule has 0 atom stereocenters. The van der Waals surface area contributed by atoms with Crippen LogP contribution < -0.4 is 24.4 Å². The molecule has 8 heteroatoms. The van der Waals surface area contributed by atoms with Gasteiger partial charge in [0.05, 0.1) is 32.1 Å². The summed E-state index contributed by atoms with van der Waals surface area (Å²) in [6, 6.07) is 18.4. The van der Waals surface area contributed by atoms with Crippen LogP contribution in [-0.4, -0.2) is 38.4 Å².